The number of hydrogen-bond acceptors (Lipinski definition) is 1. The van der Waals surface area contributed by atoms with E-state index in [9.17, 15) is 5.11 Å². The first-order chi connectivity index (χ1) is 4.38. The second-order valence-electron chi connectivity index (χ2n) is 3.58. The van der Waals surface area contributed by atoms with Gasteiger partial charge in [0, 0.05) is 0 Å². The number of aliphatic hydroxyl groups is 1. The quantitative estimate of drug-likeness (QED) is 0.471. The van der Waals surface area contributed by atoms with E-state index in [0.717, 1.165) is 24.2 Å². The molecule has 0 radical (unpaired) electrons. The van der Waals surface area contributed by atoms with E-state index in [2.05, 4.69) is 12.2 Å². The van der Waals surface area contributed by atoms with E-state index in [1.165, 1.54) is 0 Å². The Morgan fingerprint density at radius 2 is 2.00 bits per heavy atom. The number of aliphatic hydroxyl groups excluding tert-OH is 1. The van der Waals surface area contributed by atoms with Crippen LogP contribution in [0.3, 0.4) is 0 Å². The van der Waals surface area contributed by atoms with Gasteiger partial charge in [-0.1, -0.05) is 12.2 Å². The first kappa shape index (κ1) is 4.51. The van der Waals surface area contributed by atoms with Gasteiger partial charge >= 0.3 is 0 Å². The Hall–Kier alpha value is -0.300. The lowest BCUT2D eigenvalue weighted by Crippen LogP contribution is -2.62. The minimum Gasteiger partial charge on any atom is -0.393 e. The Morgan fingerprint density at radius 3 is 2.33 bits per heavy atom. The van der Waals surface area contributed by atoms with Crippen LogP contribution in [0.25, 0.3) is 0 Å². The maximum absolute atomic E-state index is 9.23. The fraction of sp³-hybridized carbons (Fsp3) is 0.750. The SMILES string of the molecule is O[C@H]1CC2C3C=CC3C21. The lowest BCUT2D eigenvalue weighted by atomic mass is 9.42. The van der Waals surface area contributed by atoms with Crippen molar-refractivity contribution < 1.29 is 5.11 Å². The summed E-state index contributed by atoms with van der Waals surface area (Å²) in [7, 11) is 0. The summed E-state index contributed by atoms with van der Waals surface area (Å²) >= 11 is 0. The monoisotopic (exact) mass is 122 g/mol. The molecule has 1 nitrogen and oxygen atoms in total. The zero-order valence-corrected chi connectivity index (χ0v) is 5.20. The van der Waals surface area contributed by atoms with Crippen LogP contribution in [-0.2, 0) is 0 Å². The van der Waals surface area contributed by atoms with Gasteiger partial charge in [0.1, 0.15) is 0 Å². The highest BCUT2D eigenvalue weighted by molar-refractivity contribution is 5.26. The van der Waals surface area contributed by atoms with Crippen LogP contribution in [0.15, 0.2) is 12.2 Å². The highest BCUT2D eigenvalue weighted by atomic mass is 16.3. The van der Waals surface area contributed by atoms with Gasteiger partial charge in [-0.05, 0) is 30.1 Å². The maximum atomic E-state index is 9.23. The van der Waals surface area contributed by atoms with Crippen LogP contribution in [0, 0.1) is 23.7 Å². The van der Waals surface area contributed by atoms with Gasteiger partial charge < -0.3 is 5.11 Å². The molecule has 0 amide bonds. The van der Waals surface area contributed by atoms with Crippen LogP contribution in [0.4, 0.5) is 0 Å². The molecule has 3 aliphatic rings. The van der Waals surface area contributed by atoms with Gasteiger partial charge in [-0.2, -0.15) is 0 Å². The molecule has 1 N–H and O–H groups in total. The zero-order chi connectivity index (χ0) is 6.01. The molecular weight excluding hydrogens is 112 g/mol. The van der Waals surface area contributed by atoms with Gasteiger partial charge in [-0.25, -0.2) is 0 Å². The second kappa shape index (κ2) is 1.10. The van der Waals surface area contributed by atoms with E-state index in [0.29, 0.717) is 5.92 Å². The van der Waals surface area contributed by atoms with Crippen molar-refractivity contribution >= 4 is 0 Å². The molecule has 9 heavy (non-hydrogen) atoms. The minimum atomic E-state index is 0.0567. The molecule has 4 unspecified atom stereocenters. The van der Waals surface area contributed by atoms with Gasteiger partial charge in [0.15, 0.2) is 0 Å². The van der Waals surface area contributed by atoms with Crippen molar-refractivity contribution in [1.82, 2.24) is 0 Å². The van der Waals surface area contributed by atoms with E-state index in [-0.39, 0.29) is 6.10 Å². The normalized spacial score (nSPS) is 66.6. The standard InChI is InChI=1S/C8H10O/c9-7-3-6-4-1-2-5(4)8(6)7/h1-2,4-9H,3H2/t4?,5?,6?,7-,8?/m0/s1. The molecule has 0 aromatic heterocycles. The van der Waals surface area contributed by atoms with Crippen molar-refractivity contribution in [3.05, 3.63) is 12.2 Å². The third kappa shape index (κ3) is 0.304. The lowest BCUT2D eigenvalue weighted by Gasteiger charge is -2.64. The van der Waals surface area contributed by atoms with Crippen molar-refractivity contribution in [1.29, 1.82) is 0 Å². The fourth-order valence-corrected chi connectivity index (χ4v) is 2.67. The van der Waals surface area contributed by atoms with E-state index < -0.39 is 0 Å². The Kier molecular flexibility index (Phi) is 0.552. The summed E-state index contributed by atoms with van der Waals surface area (Å²) in [6, 6.07) is 0. The van der Waals surface area contributed by atoms with E-state index >= 15 is 0 Å². The minimum absolute atomic E-state index is 0.0567. The Morgan fingerprint density at radius 1 is 1.22 bits per heavy atom. The molecule has 2 fully saturated rings. The lowest BCUT2D eigenvalue weighted by molar-refractivity contribution is -0.167. The summed E-state index contributed by atoms with van der Waals surface area (Å²) in [5.74, 6) is 3.24. The molecule has 0 aromatic carbocycles. The molecule has 0 bridgehead atoms. The summed E-state index contributed by atoms with van der Waals surface area (Å²) < 4.78 is 0. The van der Waals surface area contributed by atoms with Crippen LogP contribution < -0.4 is 0 Å². The molecule has 0 saturated heterocycles. The molecule has 1 heteroatoms. The molecule has 0 spiro atoms. The third-order valence-electron chi connectivity index (χ3n) is 3.39. The molecule has 0 aliphatic heterocycles. The Labute approximate surface area is 54.4 Å². The Bertz CT molecular complexity index is 185. The highest BCUT2D eigenvalue weighted by Crippen LogP contribution is 2.63. The smallest absolute Gasteiger partial charge is 0.0580 e. The van der Waals surface area contributed by atoms with Gasteiger partial charge in [0.05, 0.1) is 6.10 Å². The van der Waals surface area contributed by atoms with Crippen molar-refractivity contribution in [2.45, 2.75) is 12.5 Å². The molecule has 5 atom stereocenters. The molecule has 3 rings (SSSR count). The van der Waals surface area contributed by atoms with Crippen LogP contribution in [0.1, 0.15) is 6.42 Å². The molecular formula is C8H10O. The topological polar surface area (TPSA) is 20.2 Å². The molecule has 0 aromatic rings. The molecule has 48 valence electrons. The largest absolute Gasteiger partial charge is 0.393 e. The van der Waals surface area contributed by atoms with Crippen LogP contribution in [0.5, 0.6) is 0 Å². The highest BCUT2D eigenvalue weighted by Gasteiger charge is 2.61. The van der Waals surface area contributed by atoms with E-state index in [1.54, 1.807) is 0 Å². The van der Waals surface area contributed by atoms with Crippen LogP contribution in [-0.4, -0.2) is 11.2 Å². The first-order valence-corrected chi connectivity index (χ1v) is 3.74. The van der Waals surface area contributed by atoms with Crippen LogP contribution >= 0.6 is 0 Å². The number of hydrogen-bond donors (Lipinski definition) is 1. The molecule has 0 heterocycles. The summed E-state index contributed by atoms with van der Waals surface area (Å²) in [4.78, 5) is 0. The van der Waals surface area contributed by atoms with Crippen molar-refractivity contribution in [2.75, 3.05) is 0 Å². The predicted molar refractivity (Wildman–Crippen MR) is 33.7 cm³/mol. The third-order valence-corrected chi connectivity index (χ3v) is 3.39. The number of fused-ring (bicyclic) bond motifs is 4. The van der Waals surface area contributed by atoms with Crippen molar-refractivity contribution in [3.8, 4) is 0 Å². The van der Waals surface area contributed by atoms with Crippen molar-refractivity contribution in [2.24, 2.45) is 23.7 Å². The summed E-state index contributed by atoms with van der Waals surface area (Å²) in [5, 5.41) is 9.23. The van der Waals surface area contributed by atoms with Gasteiger partial charge in [0.2, 0.25) is 0 Å². The van der Waals surface area contributed by atoms with E-state index in [4.69, 9.17) is 0 Å². The van der Waals surface area contributed by atoms with Gasteiger partial charge in [-0.3, -0.25) is 0 Å². The Balaban J connectivity index is 1.90. The van der Waals surface area contributed by atoms with Gasteiger partial charge in [-0.15, -0.1) is 0 Å². The zero-order valence-electron chi connectivity index (χ0n) is 5.20. The molecule has 2 saturated carbocycles. The number of allylic oxidation sites excluding steroid dienone is 2. The summed E-state index contributed by atoms with van der Waals surface area (Å²) in [5.41, 5.74) is 0. The van der Waals surface area contributed by atoms with Gasteiger partial charge in [0.25, 0.3) is 0 Å². The molecule has 3 aliphatic carbocycles. The average Bonchev–Trinajstić information content (AvgIpc) is 1.79. The predicted octanol–water partition coefficient (Wildman–Crippen LogP) is 0.799. The summed E-state index contributed by atoms with van der Waals surface area (Å²) in [6.07, 6.45) is 5.70. The fourth-order valence-electron chi connectivity index (χ4n) is 2.67. The number of rotatable bonds is 0. The second-order valence-corrected chi connectivity index (χ2v) is 3.58. The first-order valence-electron chi connectivity index (χ1n) is 3.74. The van der Waals surface area contributed by atoms with Crippen molar-refractivity contribution in [3.63, 3.8) is 0 Å². The summed E-state index contributed by atoms with van der Waals surface area (Å²) in [6.45, 7) is 0. The van der Waals surface area contributed by atoms with E-state index in [1.807, 2.05) is 0 Å². The maximum Gasteiger partial charge on any atom is 0.0580 e. The van der Waals surface area contributed by atoms with Crippen LogP contribution in [0.2, 0.25) is 0 Å². The average molecular weight is 122 g/mol.